The molecule has 0 aromatic heterocycles. The van der Waals surface area contributed by atoms with Gasteiger partial charge >= 0.3 is 18.2 Å². The second kappa shape index (κ2) is 5.75. The first-order valence-electron chi connectivity index (χ1n) is 7.58. The fourth-order valence-corrected chi connectivity index (χ4v) is 3.21. The maximum absolute atomic E-state index is 12.8. The van der Waals surface area contributed by atoms with E-state index in [0.717, 1.165) is 5.56 Å². The summed E-state index contributed by atoms with van der Waals surface area (Å²) in [5, 5.41) is 5.62. The molecule has 2 aliphatic heterocycles. The zero-order valence-electron chi connectivity index (χ0n) is 12.9. The summed E-state index contributed by atoms with van der Waals surface area (Å²) >= 11 is 0. The molecular formula is C15H17F3N3O3+. The van der Waals surface area contributed by atoms with E-state index >= 15 is 0 Å². The average molecular weight is 344 g/mol. The van der Waals surface area contributed by atoms with Gasteiger partial charge in [-0.15, -0.1) is 0 Å². The number of nitrogens with one attached hydrogen (secondary N) is 2. The standard InChI is InChI=1S/C15H16F3N3O3/c1-9-2-3-11-12(8-9)21(14(23)20-11,10-4-6-19-7-5-10)24-13(22)15(16,17)18/h2-3,8,10,19H,4-7H2,1H3/p+1. The minimum Gasteiger partial charge on any atom is -0.316 e. The number of hydrogen-bond donors (Lipinski definition) is 2. The molecular weight excluding hydrogens is 327 g/mol. The van der Waals surface area contributed by atoms with Crippen LogP contribution in [0.25, 0.3) is 0 Å². The second-order valence-corrected chi connectivity index (χ2v) is 5.97. The molecule has 0 bridgehead atoms. The summed E-state index contributed by atoms with van der Waals surface area (Å²) < 4.78 is 37.3. The van der Waals surface area contributed by atoms with Crippen LogP contribution < -0.4 is 15.3 Å². The molecule has 1 unspecified atom stereocenters. The van der Waals surface area contributed by atoms with Crippen molar-refractivity contribution in [1.29, 1.82) is 0 Å². The number of alkyl halides is 3. The molecule has 1 fully saturated rings. The Hall–Kier alpha value is -2.13. The van der Waals surface area contributed by atoms with E-state index < -0.39 is 28.9 Å². The smallest absolute Gasteiger partial charge is 0.316 e. The SMILES string of the molecule is Cc1ccc2c(c1)[N+](OC(=O)C(F)(F)F)(C1CCNCC1)C(=O)N2. The fraction of sp³-hybridized carbons (Fsp3) is 0.467. The van der Waals surface area contributed by atoms with Crippen LogP contribution in [0.4, 0.5) is 29.3 Å². The highest BCUT2D eigenvalue weighted by Crippen LogP contribution is 2.44. The Bertz CT molecular complexity index is 686. The lowest BCUT2D eigenvalue weighted by Crippen LogP contribution is -2.63. The molecule has 1 saturated heterocycles. The number of carbonyl (C=O) groups excluding carboxylic acids is 2. The molecule has 1 atom stereocenters. The van der Waals surface area contributed by atoms with Gasteiger partial charge in [0.2, 0.25) is 5.69 Å². The number of anilines is 1. The zero-order valence-corrected chi connectivity index (χ0v) is 12.9. The average Bonchev–Trinajstić information content (AvgIpc) is 2.80. The number of piperidine rings is 1. The molecule has 6 nitrogen and oxygen atoms in total. The van der Waals surface area contributed by atoms with E-state index in [9.17, 15) is 22.8 Å². The number of amides is 2. The predicted octanol–water partition coefficient (Wildman–Crippen LogP) is 2.62. The number of fused-ring (bicyclic) bond motifs is 1. The summed E-state index contributed by atoms with van der Waals surface area (Å²) in [5.41, 5.74) is 1.35. The maximum atomic E-state index is 12.8. The number of nitrogens with zero attached hydrogens (tertiary/aromatic N) is 1. The number of carbonyl (C=O) groups is 2. The molecule has 2 aliphatic rings. The van der Waals surface area contributed by atoms with Crippen LogP contribution in [0.15, 0.2) is 18.2 Å². The van der Waals surface area contributed by atoms with Gasteiger partial charge in [-0.3, -0.25) is 10.2 Å². The molecule has 2 amide bonds. The molecule has 3 rings (SSSR count). The van der Waals surface area contributed by atoms with Gasteiger partial charge in [-0.2, -0.15) is 13.2 Å². The van der Waals surface area contributed by atoms with Gasteiger partial charge in [0.05, 0.1) is 0 Å². The molecule has 1 aromatic carbocycles. The Morgan fingerprint density at radius 3 is 2.58 bits per heavy atom. The number of quaternary nitrogens is 1. The van der Waals surface area contributed by atoms with Gasteiger partial charge in [0, 0.05) is 32.0 Å². The summed E-state index contributed by atoms with van der Waals surface area (Å²) in [6.07, 6.45) is -4.36. The zero-order chi connectivity index (χ0) is 17.5. The van der Waals surface area contributed by atoms with Gasteiger partial charge < -0.3 is 5.32 Å². The lowest BCUT2D eigenvalue weighted by Gasteiger charge is -2.36. The maximum Gasteiger partial charge on any atom is 0.497 e. The van der Waals surface area contributed by atoms with Crippen molar-refractivity contribution in [2.75, 3.05) is 18.4 Å². The molecule has 1 aromatic rings. The summed E-state index contributed by atoms with van der Waals surface area (Å²) in [7, 11) is 0. The third-order valence-corrected chi connectivity index (χ3v) is 4.34. The van der Waals surface area contributed by atoms with Crippen molar-refractivity contribution in [3.8, 4) is 0 Å². The second-order valence-electron chi connectivity index (χ2n) is 5.97. The highest BCUT2D eigenvalue weighted by atomic mass is 19.4. The summed E-state index contributed by atoms with van der Waals surface area (Å²) in [4.78, 5) is 29.0. The van der Waals surface area contributed by atoms with E-state index in [1.807, 2.05) is 0 Å². The van der Waals surface area contributed by atoms with E-state index in [2.05, 4.69) is 10.6 Å². The molecule has 2 N–H and O–H groups in total. The van der Waals surface area contributed by atoms with Crippen LogP contribution in [0.3, 0.4) is 0 Å². The summed E-state index contributed by atoms with van der Waals surface area (Å²) in [6.45, 7) is 2.82. The third kappa shape index (κ3) is 2.63. The van der Waals surface area contributed by atoms with E-state index in [1.165, 1.54) is 0 Å². The van der Waals surface area contributed by atoms with Crippen LogP contribution in [0.1, 0.15) is 18.4 Å². The van der Waals surface area contributed by atoms with Crippen molar-refractivity contribution in [1.82, 2.24) is 9.96 Å². The highest BCUT2D eigenvalue weighted by Gasteiger charge is 2.61. The number of halogens is 3. The normalized spacial score (nSPS) is 24.4. The fourth-order valence-electron chi connectivity index (χ4n) is 3.21. The van der Waals surface area contributed by atoms with Crippen molar-refractivity contribution in [2.24, 2.45) is 0 Å². The van der Waals surface area contributed by atoms with Gasteiger partial charge in [-0.25, -0.2) is 9.59 Å². The van der Waals surface area contributed by atoms with Crippen molar-refractivity contribution in [3.63, 3.8) is 0 Å². The van der Waals surface area contributed by atoms with Crippen molar-refractivity contribution in [3.05, 3.63) is 23.8 Å². The lowest BCUT2D eigenvalue weighted by molar-refractivity contribution is -0.230. The first-order valence-corrected chi connectivity index (χ1v) is 7.58. The van der Waals surface area contributed by atoms with Gasteiger partial charge in [-0.05, 0) is 23.2 Å². The van der Waals surface area contributed by atoms with E-state index in [0.29, 0.717) is 31.6 Å². The van der Waals surface area contributed by atoms with Crippen LogP contribution in [0.5, 0.6) is 0 Å². The number of hydroxylamine groups is 2. The Balaban J connectivity index is 2.11. The third-order valence-electron chi connectivity index (χ3n) is 4.34. The van der Waals surface area contributed by atoms with Crippen LogP contribution in [0.2, 0.25) is 0 Å². The topological polar surface area (TPSA) is 67.4 Å². The molecule has 0 aliphatic carbocycles. The van der Waals surface area contributed by atoms with Gasteiger partial charge in [0.25, 0.3) is 0 Å². The molecule has 24 heavy (non-hydrogen) atoms. The number of aryl methyl sites for hydroxylation is 1. The van der Waals surface area contributed by atoms with Gasteiger partial charge in [-0.1, -0.05) is 6.07 Å². The Labute approximate surface area is 136 Å². The first-order chi connectivity index (χ1) is 11.2. The molecule has 0 saturated carbocycles. The van der Waals surface area contributed by atoms with Crippen molar-refractivity contribution >= 4 is 23.4 Å². The first kappa shape index (κ1) is 16.7. The van der Waals surface area contributed by atoms with Crippen LogP contribution in [-0.2, 0) is 9.63 Å². The van der Waals surface area contributed by atoms with Crippen LogP contribution >= 0.6 is 0 Å². The molecule has 130 valence electrons. The lowest BCUT2D eigenvalue weighted by atomic mass is 10.0. The largest absolute Gasteiger partial charge is 0.497 e. The summed E-state index contributed by atoms with van der Waals surface area (Å²) in [5.74, 6) is -2.37. The molecule has 9 heteroatoms. The number of urea groups is 1. The predicted molar refractivity (Wildman–Crippen MR) is 80.0 cm³/mol. The Morgan fingerprint density at radius 1 is 1.29 bits per heavy atom. The van der Waals surface area contributed by atoms with Gasteiger partial charge in [0.15, 0.2) is 0 Å². The molecule has 0 radical (unpaired) electrons. The number of hydrogen-bond acceptors (Lipinski definition) is 4. The van der Waals surface area contributed by atoms with E-state index in [4.69, 9.17) is 4.84 Å². The molecule has 0 spiro atoms. The van der Waals surface area contributed by atoms with E-state index in [1.54, 1.807) is 25.1 Å². The van der Waals surface area contributed by atoms with Crippen LogP contribution in [-0.4, -0.2) is 37.3 Å². The number of rotatable bonds is 2. The minimum absolute atomic E-state index is 0.240. The van der Waals surface area contributed by atoms with Crippen LogP contribution in [0, 0.1) is 6.92 Å². The van der Waals surface area contributed by atoms with E-state index in [-0.39, 0.29) is 5.69 Å². The quantitative estimate of drug-likeness (QED) is 0.810. The monoisotopic (exact) mass is 344 g/mol. The van der Waals surface area contributed by atoms with Crippen molar-refractivity contribution in [2.45, 2.75) is 32.0 Å². The number of benzene rings is 1. The Kier molecular flexibility index (Phi) is 4.00. The van der Waals surface area contributed by atoms with Crippen molar-refractivity contribution < 1.29 is 27.6 Å². The minimum atomic E-state index is -5.18. The Morgan fingerprint density at radius 2 is 1.96 bits per heavy atom. The van der Waals surface area contributed by atoms with Gasteiger partial charge in [0.1, 0.15) is 11.7 Å². The highest BCUT2D eigenvalue weighted by molar-refractivity contribution is 6.08. The summed E-state index contributed by atoms with van der Waals surface area (Å²) in [6, 6.07) is 3.55. The molecule has 2 heterocycles.